The van der Waals surface area contributed by atoms with Crippen molar-refractivity contribution >= 4 is 5.97 Å². The molecular weight excluding hydrogens is 303 g/mol. The van der Waals surface area contributed by atoms with Gasteiger partial charge in [0.05, 0.1) is 19.2 Å². The van der Waals surface area contributed by atoms with Crippen LogP contribution in [0.5, 0.6) is 0 Å². The maximum absolute atomic E-state index is 12.7. The highest BCUT2D eigenvalue weighted by atomic mass is 19.4. The summed E-state index contributed by atoms with van der Waals surface area (Å²) in [5, 5.41) is 3.30. The molecule has 22 heavy (non-hydrogen) atoms. The van der Waals surface area contributed by atoms with Crippen LogP contribution in [0.4, 0.5) is 13.2 Å². The molecule has 0 spiro atoms. The van der Waals surface area contributed by atoms with E-state index in [0.717, 1.165) is 11.7 Å². The number of halogens is 3. The van der Waals surface area contributed by atoms with Gasteiger partial charge in [-0.3, -0.25) is 4.57 Å². The van der Waals surface area contributed by atoms with Gasteiger partial charge in [-0.1, -0.05) is 12.1 Å². The first-order valence-electron chi connectivity index (χ1n) is 6.12. The molecule has 0 unspecified atom stereocenters. The Hall–Kier alpha value is -2.58. The van der Waals surface area contributed by atoms with Gasteiger partial charge in [-0.05, 0) is 17.7 Å². The average molecular weight is 315 g/mol. The molecule has 0 saturated carbocycles. The quantitative estimate of drug-likeness (QED) is 0.804. The van der Waals surface area contributed by atoms with Gasteiger partial charge >= 0.3 is 17.8 Å². The van der Waals surface area contributed by atoms with Crippen molar-refractivity contribution in [1.82, 2.24) is 14.3 Å². The maximum atomic E-state index is 12.7. The van der Waals surface area contributed by atoms with Crippen molar-refractivity contribution in [2.45, 2.75) is 12.7 Å². The summed E-state index contributed by atoms with van der Waals surface area (Å²) in [6.07, 6.45) is -4.70. The summed E-state index contributed by atoms with van der Waals surface area (Å²) in [6.45, 7) is -0.135. The third-order valence-electron chi connectivity index (χ3n) is 3.00. The van der Waals surface area contributed by atoms with Crippen LogP contribution < -0.4 is 5.69 Å². The van der Waals surface area contributed by atoms with Gasteiger partial charge in [-0.25, -0.2) is 14.3 Å². The van der Waals surface area contributed by atoms with Crippen molar-refractivity contribution < 1.29 is 22.7 Å². The van der Waals surface area contributed by atoms with Gasteiger partial charge in [0, 0.05) is 7.05 Å². The number of ether oxygens (including phenoxy) is 1. The number of alkyl halides is 3. The number of methoxy groups -OCH3 is 1. The molecule has 0 saturated heterocycles. The molecule has 9 heteroatoms. The summed E-state index contributed by atoms with van der Waals surface area (Å²) >= 11 is 0. The second kappa shape index (κ2) is 5.66. The van der Waals surface area contributed by atoms with Crippen LogP contribution in [0, 0.1) is 0 Å². The summed E-state index contributed by atoms with van der Waals surface area (Å²) in [5.74, 6) is -1.79. The summed E-state index contributed by atoms with van der Waals surface area (Å²) < 4.78 is 43.7. The van der Waals surface area contributed by atoms with E-state index in [1.54, 1.807) is 0 Å². The highest BCUT2D eigenvalue weighted by Gasteiger charge is 2.37. The molecule has 1 aromatic carbocycles. The molecule has 0 N–H and O–H groups in total. The van der Waals surface area contributed by atoms with Crippen molar-refractivity contribution in [2.75, 3.05) is 7.11 Å². The van der Waals surface area contributed by atoms with E-state index in [1.165, 1.54) is 31.4 Å². The standard InChI is InChI=1S/C13H12F3N3O3/c1-18-11(13(14,15)16)17-19(12(18)21)7-8-3-5-9(6-4-8)10(20)22-2/h3-6H,7H2,1-2H3. The van der Waals surface area contributed by atoms with Gasteiger partial charge < -0.3 is 4.74 Å². The lowest BCUT2D eigenvalue weighted by atomic mass is 10.1. The van der Waals surface area contributed by atoms with Crippen LogP contribution in [0.3, 0.4) is 0 Å². The normalized spacial score (nSPS) is 11.5. The second-order valence-corrected chi connectivity index (χ2v) is 4.51. The minimum Gasteiger partial charge on any atom is -0.465 e. The maximum Gasteiger partial charge on any atom is 0.451 e. The SMILES string of the molecule is COC(=O)c1ccc(Cn2nc(C(F)(F)F)n(C)c2=O)cc1. The number of aromatic nitrogens is 3. The van der Waals surface area contributed by atoms with Crippen LogP contribution in [-0.2, 0) is 24.5 Å². The molecule has 1 heterocycles. The van der Waals surface area contributed by atoms with E-state index >= 15 is 0 Å². The molecule has 0 atom stereocenters. The van der Waals surface area contributed by atoms with Crippen LogP contribution in [0.15, 0.2) is 29.1 Å². The number of hydrogen-bond donors (Lipinski definition) is 0. The predicted octanol–water partition coefficient (Wildman–Crippen LogP) is 1.44. The molecule has 2 rings (SSSR count). The molecule has 0 aliphatic rings. The van der Waals surface area contributed by atoms with Crippen molar-refractivity contribution in [3.05, 3.63) is 51.7 Å². The van der Waals surface area contributed by atoms with Crippen molar-refractivity contribution in [3.8, 4) is 0 Å². The number of carbonyl (C=O) groups excluding carboxylic acids is 1. The number of rotatable bonds is 3. The zero-order valence-corrected chi connectivity index (χ0v) is 11.7. The molecule has 0 bridgehead atoms. The fourth-order valence-electron chi connectivity index (χ4n) is 1.87. The first-order chi connectivity index (χ1) is 10.2. The van der Waals surface area contributed by atoms with Gasteiger partial charge in [0.2, 0.25) is 5.82 Å². The Balaban J connectivity index is 2.28. The topological polar surface area (TPSA) is 66.1 Å². The van der Waals surface area contributed by atoms with Gasteiger partial charge in [-0.15, -0.1) is 5.10 Å². The van der Waals surface area contributed by atoms with Gasteiger partial charge in [-0.2, -0.15) is 13.2 Å². The Labute approximate surface area is 122 Å². The lowest BCUT2D eigenvalue weighted by Gasteiger charge is -2.03. The molecule has 0 amide bonds. The van der Waals surface area contributed by atoms with E-state index in [-0.39, 0.29) is 6.54 Å². The van der Waals surface area contributed by atoms with Gasteiger partial charge in [0.1, 0.15) is 0 Å². The minimum atomic E-state index is -4.70. The van der Waals surface area contributed by atoms with Gasteiger partial charge in [0.25, 0.3) is 0 Å². The van der Waals surface area contributed by atoms with E-state index in [2.05, 4.69) is 9.84 Å². The molecule has 1 aromatic heterocycles. The molecule has 118 valence electrons. The Morgan fingerprint density at radius 1 is 1.27 bits per heavy atom. The van der Waals surface area contributed by atoms with E-state index in [4.69, 9.17) is 0 Å². The van der Waals surface area contributed by atoms with Crippen LogP contribution in [0.2, 0.25) is 0 Å². The van der Waals surface area contributed by atoms with E-state index in [1.807, 2.05) is 0 Å². The number of benzene rings is 1. The highest BCUT2D eigenvalue weighted by Crippen LogP contribution is 2.26. The third kappa shape index (κ3) is 3.02. The second-order valence-electron chi connectivity index (χ2n) is 4.51. The molecule has 0 fully saturated rings. The van der Waals surface area contributed by atoms with Crippen LogP contribution in [0.1, 0.15) is 21.7 Å². The highest BCUT2D eigenvalue weighted by molar-refractivity contribution is 5.89. The van der Waals surface area contributed by atoms with E-state index in [9.17, 15) is 22.8 Å². The first-order valence-corrected chi connectivity index (χ1v) is 6.12. The molecule has 0 aliphatic heterocycles. The zero-order valence-electron chi connectivity index (χ0n) is 11.7. The lowest BCUT2D eigenvalue weighted by Crippen LogP contribution is -2.24. The van der Waals surface area contributed by atoms with Crippen LogP contribution in [0.25, 0.3) is 0 Å². The Morgan fingerprint density at radius 2 is 1.86 bits per heavy atom. The average Bonchev–Trinajstić information content (AvgIpc) is 2.75. The van der Waals surface area contributed by atoms with Crippen molar-refractivity contribution in [2.24, 2.45) is 7.05 Å². The lowest BCUT2D eigenvalue weighted by molar-refractivity contribution is -0.147. The molecule has 0 aliphatic carbocycles. The van der Waals surface area contributed by atoms with Crippen LogP contribution in [-0.4, -0.2) is 27.4 Å². The summed E-state index contributed by atoms with van der Waals surface area (Å²) in [6, 6.07) is 5.95. The smallest absolute Gasteiger partial charge is 0.451 e. The number of nitrogens with zero attached hydrogens (tertiary/aromatic N) is 3. The molecule has 2 aromatic rings. The van der Waals surface area contributed by atoms with E-state index < -0.39 is 23.7 Å². The fraction of sp³-hybridized carbons (Fsp3) is 0.308. The summed E-state index contributed by atoms with van der Waals surface area (Å²) in [4.78, 5) is 23.0. The van der Waals surface area contributed by atoms with E-state index in [0.29, 0.717) is 15.7 Å². The molecular formula is C13H12F3N3O3. The first kappa shape index (κ1) is 15.8. The van der Waals surface area contributed by atoms with Crippen molar-refractivity contribution in [3.63, 3.8) is 0 Å². The van der Waals surface area contributed by atoms with Gasteiger partial charge in [0.15, 0.2) is 0 Å². The molecule has 6 nitrogen and oxygen atoms in total. The van der Waals surface area contributed by atoms with Crippen molar-refractivity contribution in [1.29, 1.82) is 0 Å². The fourth-order valence-corrected chi connectivity index (χ4v) is 1.87. The Kier molecular flexibility index (Phi) is 4.07. The number of esters is 1. The number of hydrogen-bond acceptors (Lipinski definition) is 4. The largest absolute Gasteiger partial charge is 0.465 e. The Bertz CT molecular complexity index is 745. The number of carbonyl (C=O) groups is 1. The predicted molar refractivity (Wildman–Crippen MR) is 69.4 cm³/mol. The summed E-state index contributed by atoms with van der Waals surface area (Å²) in [7, 11) is 2.25. The Morgan fingerprint density at radius 3 is 2.32 bits per heavy atom. The monoisotopic (exact) mass is 315 g/mol. The minimum absolute atomic E-state index is 0.135. The zero-order chi connectivity index (χ0) is 16.5. The third-order valence-corrected chi connectivity index (χ3v) is 3.00. The molecule has 0 radical (unpaired) electrons. The van der Waals surface area contributed by atoms with Crippen LogP contribution >= 0.6 is 0 Å². The summed E-state index contributed by atoms with van der Waals surface area (Å²) in [5.41, 5.74) is -0.0402.